The summed E-state index contributed by atoms with van der Waals surface area (Å²) in [6, 6.07) is 5.65. The number of ether oxygens (including phenoxy) is 1. The average molecular weight is 305 g/mol. The lowest BCUT2D eigenvalue weighted by molar-refractivity contribution is -0.136. The second-order valence-corrected chi connectivity index (χ2v) is 5.14. The number of nitrogens with zero attached hydrogens (tertiary/aromatic N) is 3. The van der Waals surface area contributed by atoms with E-state index in [0.717, 1.165) is 12.8 Å². The Labute approximate surface area is 126 Å². The molecule has 0 spiro atoms. The maximum atomic E-state index is 12.9. The van der Waals surface area contributed by atoms with Crippen molar-refractivity contribution < 1.29 is 18.4 Å². The number of amides is 1. The zero-order valence-corrected chi connectivity index (χ0v) is 12.2. The normalized spacial score (nSPS) is 17.9. The second-order valence-electron chi connectivity index (χ2n) is 5.14. The molecule has 0 N–H and O–H groups in total. The van der Waals surface area contributed by atoms with Gasteiger partial charge in [0.2, 0.25) is 17.6 Å². The second kappa shape index (κ2) is 6.23. The molecule has 22 heavy (non-hydrogen) atoms. The number of benzene rings is 1. The van der Waals surface area contributed by atoms with Gasteiger partial charge in [-0.3, -0.25) is 4.79 Å². The van der Waals surface area contributed by atoms with Crippen LogP contribution in [0.3, 0.4) is 0 Å². The molecule has 1 aromatic heterocycles. The number of hydrogen-bond acceptors (Lipinski definition) is 5. The van der Waals surface area contributed by atoms with Crippen LogP contribution >= 0.6 is 0 Å². The van der Waals surface area contributed by atoms with Crippen LogP contribution in [-0.2, 0) is 9.53 Å². The molecule has 2 heterocycles. The van der Waals surface area contributed by atoms with Gasteiger partial charge >= 0.3 is 0 Å². The summed E-state index contributed by atoms with van der Waals surface area (Å²) < 4.78 is 23.1. The topological polar surface area (TPSA) is 68.5 Å². The molecule has 0 saturated carbocycles. The number of likely N-dealkylation sites (tertiary alicyclic amines) is 1. The van der Waals surface area contributed by atoms with Crippen LogP contribution in [-0.4, -0.2) is 41.2 Å². The molecule has 1 aromatic carbocycles. The Bertz CT molecular complexity index is 656. The van der Waals surface area contributed by atoms with Crippen molar-refractivity contribution in [2.75, 3.05) is 20.3 Å². The first-order valence-corrected chi connectivity index (χ1v) is 7.07. The minimum atomic E-state index is -0.320. The highest BCUT2D eigenvalue weighted by atomic mass is 19.1. The molecular weight excluding hydrogens is 289 g/mol. The van der Waals surface area contributed by atoms with E-state index in [2.05, 4.69) is 10.1 Å². The van der Waals surface area contributed by atoms with Crippen LogP contribution in [0.5, 0.6) is 0 Å². The molecule has 1 saturated heterocycles. The van der Waals surface area contributed by atoms with E-state index in [4.69, 9.17) is 9.26 Å². The van der Waals surface area contributed by atoms with Gasteiger partial charge in [0.25, 0.3) is 0 Å². The monoisotopic (exact) mass is 305 g/mol. The standard InChI is InChI=1S/C15H16FN3O3/c1-21-9-13(20)19-8-2-3-12(19)15-17-14(18-22-15)10-4-6-11(16)7-5-10/h4-7,12H,2-3,8-9H2,1H3. The van der Waals surface area contributed by atoms with Crippen LogP contribution in [0, 0.1) is 5.82 Å². The molecule has 2 aromatic rings. The summed E-state index contributed by atoms with van der Waals surface area (Å²) in [6.45, 7) is 0.691. The van der Waals surface area contributed by atoms with E-state index < -0.39 is 0 Å². The van der Waals surface area contributed by atoms with Crippen molar-refractivity contribution in [2.45, 2.75) is 18.9 Å². The SMILES string of the molecule is COCC(=O)N1CCCC1c1nc(-c2ccc(F)cc2)no1. The van der Waals surface area contributed by atoms with Gasteiger partial charge in [-0.15, -0.1) is 0 Å². The molecule has 116 valence electrons. The number of carbonyl (C=O) groups is 1. The highest BCUT2D eigenvalue weighted by molar-refractivity contribution is 5.78. The van der Waals surface area contributed by atoms with Crippen molar-refractivity contribution in [3.63, 3.8) is 0 Å². The van der Waals surface area contributed by atoms with Gasteiger partial charge in [-0.1, -0.05) is 5.16 Å². The Hall–Kier alpha value is -2.28. The summed E-state index contributed by atoms with van der Waals surface area (Å²) in [7, 11) is 1.49. The quantitative estimate of drug-likeness (QED) is 0.866. The van der Waals surface area contributed by atoms with Gasteiger partial charge in [-0.05, 0) is 37.1 Å². The number of carbonyl (C=O) groups excluding carboxylic acids is 1. The Morgan fingerprint density at radius 2 is 2.23 bits per heavy atom. The molecule has 7 heteroatoms. The van der Waals surface area contributed by atoms with Gasteiger partial charge in [-0.25, -0.2) is 4.39 Å². The molecule has 1 fully saturated rings. The molecule has 0 bridgehead atoms. The zero-order chi connectivity index (χ0) is 15.5. The summed E-state index contributed by atoms with van der Waals surface area (Å²) in [5, 5.41) is 3.92. The van der Waals surface area contributed by atoms with E-state index in [1.807, 2.05) is 0 Å². The summed E-state index contributed by atoms with van der Waals surface area (Å²) in [5.41, 5.74) is 0.671. The maximum absolute atomic E-state index is 12.9. The largest absolute Gasteiger partial charge is 0.375 e. The van der Waals surface area contributed by atoms with Crippen molar-refractivity contribution in [1.82, 2.24) is 15.0 Å². The first-order valence-electron chi connectivity index (χ1n) is 7.07. The van der Waals surface area contributed by atoms with E-state index >= 15 is 0 Å². The van der Waals surface area contributed by atoms with Gasteiger partial charge in [0, 0.05) is 19.2 Å². The number of halogens is 1. The lowest BCUT2D eigenvalue weighted by Gasteiger charge is -2.21. The predicted molar refractivity (Wildman–Crippen MR) is 75.3 cm³/mol. The predicted octanol–water partition coefficient (Wildman–Crippen LogP) is 2.19. The van der Waals surface area contributed by atoms with Gasteiger partial charge in [0.1, 0.15) is 18.5 Å². The summed E-state index contributed by atoms with van der Waals surface area (Å²) in [5.74, 6) is 0.383. The van der Waals surface area contributed by atoms with E-state index in [9.17, 15) is 9.18 Å². The van der Waals surface area contributed by atoms with Gasteiger partial charge < -0.3 is 14.2 Å². The lowest BCUT2D eigenvalue weighted by Crippen LogP contribution is -2.33. The van der Waals surface area contributed by atoms with Crippen molar-refractivity contribution >= 4 is 5.91 Å². The zero-order valence-electron chi connectivity index (χ0n) is 12.2. The molecule has 1 amide bonds. The third-order valence-corrected chi connectivity index (χ3v) is 3.67. The summed E-state index contributed by atoms with van der Waals surface area (Å²) >= 11 is 0. The van der Waals surface area contributed by atoms with Crippen molar-refractivity contribution in [3.8, 4) is 11.4 Å². The molecule has 1 atom stereocenters. The summed E-state index contributed by atoms with van der Waals surface area (Å²) in [6.07, 6.45) is 1.66. The van der Waals surface area contributed by atoms with Crippen LogP contribution in [0.2, 0.25) is 0 Å². The molecule has 1 unspecified atom stereocenters. The number of aromatic nitrogens is 2. The number of rotatable bonds is 4. The van der Waals surface area contributed by atoms with E-state index in [1.54, 1.807) is 17.0 Å². The fourth-order valence-corrected chi connectivity index (χ4v) is 2.62. The Kier molecular flexibility index (Phi) is 4.15. The van der Waals surface area contributed by atoms with Crippen LogP contribution in [0.1, 0.15) is 24.8 Å². The molecule has 3 rings (SSSR count). The summed E-state index contributed by atoms with van der Waals surface area (Å²) in [4.78, 5) is 18.1. The van der Waals surface area contributed by atoms with Gasteiger partial charge in [0.15, 0.2) is 0 Å². The molecule has 1 aliphatic rings. The lowest BCUT2D eigenvalue weighted by atomic mass is 10.2. The molecule has 6 nitrogen and oxygen atoms in total. The first kappa shape index (κ1) is 14.6. The minimum absolute atomic E-state index is 0.0372. The molecule has 0 radical (unpaired) electrons. The molecule has 1 aliphatic heterocycles. The fourth-order valence-electron chi connectivity index (χ4n) is 2.62. The first-order chi connectivity index (χ1) is 10.7. The number of methoxy groups -OCH3 is 1. The molecule has 0 aliphatic carbocycles. The fraction of sp³-hybridized carbons (Fsp3) is 0.400. The number of hydrogen-bond donors (Lipinski definition) is 0. The van der Waals surface area contributed by atoms with Crippen LogP contribution < -0.4 is 0 Å². The molecular formula is C15H16FN3O3. The van der Waals surface area contributed by atoms with Crippen molar-refractivity contribution in [1.29, 1.82) is 0 Å². The van der Waals surface area contributed by atoms with Crippen molar-refractivity contribution in [2.24, 2.45) is 0 Å². The highest BCUT2D eigenvalue weighted by Gasteiger charge is 2.33. The van der Waals surface area contributed by atoms with E-state index in [1.165, 1.54) is 19.2 Å². The van der Waals surface area contributed by atoms with Crippen LogP contribution in [0.4, 0.5) is 4.39 Å². The highest BCUT2D eigenvalue weighted by Crippen LogP contribution is 2.32. The van der Waals surface area contributed by atoms with Crippen molar-refractivity contribution in [3.05, 3.63) is 36.0 Å². The third-order valence-electron chi connectivity index (χ3n) is 3.67. The third kappa shape index (κ3) is 2.85. The Balaban J connectivity index is 1.80. The Morgan fingerprint density at radius 3 is 2.95 bits per heavy atom. The maximum Gasteiger partial charge on any atom is 0.249 e. The van der Waals surface area contributed by atoms with Crippen LogP contribution in [0.15, 0.2) is 28.8 Å². The van der Waals surface area contributed by atoms with Gasteiger partial charge in [0.05, 0.1) is 0 Å². The van der Waals surface area contributed by atoms with E-state index in [-0.39, 0.29) is 24.4 Å². The Morgan fingerprint density at radius 1 is 1.45 bits per heavy atom. The van der Waals surface area contributed by atoms with Gasteiger partial charge in [-0.2, -0.15) is 4.98 Å². The average Bonchev–Trinajstić information content (AvgIpc) is 3.17. The minimum Gasteiger partial charge on any atom is -0.375 e. The smallest absolute Gasteiger partial charge is 0.249 e. The van der Waals surface area contributed by atoms with Crippen LogP contribution in [0.25, 0.3) is 11.4 Å². The van der Waals surface area contributed by atoms with E-state index in [0.29, 0.717) is 23.8 Å².